The number of halogens is 1. The predicted octanol–water partition coefficient (Wildman–Crippen LogP) is 5.60. The predicted molar refractivity (Wildman–Crippen MR) is 85.8 cm³/mol. The molecular weight excluding hydrogens is 261 g/mol. The number of hydrogen-bond acceptors (Lipinski definition) is 1. The first-order chi connectivity index (χ1) is 10.2. The highest BCUT2D eigenvalue weighted by molar-refractivity contribution is 5.76. The Bertz CT molecular complexity index is 720. The van der Waals surface area contributed by atoms with E-state index in [-0.39, 0.29) is 5.82 Å². The average Bonchev–Trinajstić information content (AvgIpc) is 2.51. The van der Waals surface area contributed by atoms with Crippen LogP contribution in [0.4, 0.5) is 21.5 Å². The van der Waals surface area contributed by atoms with Crippen LogP contribution in [0.5, 0.6) is 0 Å². The largest absolute Gasteiger partial charge is 0.310 e. The van der Waals surface area contributed by atoms with Gasteiger partial charge in [-0.25, -0.2) is 4.39 Å². The van der Waals surface area contributed by atoms with Crippen molar-refractivity contribution < 1.29 is 4.39 Å². The van der Waals surface area contributed by atoms with Gasteiger partial charge in [-0.3, -0.25) is 0 Å². The molecule has 104 valence electrons. The van der Waals surface area contributed by atoms with E-state index in [9.17, 15) is 4.39 Å². The molecule has 0 atom stereocenters. The number of rotatable bonds is 3. The molecule has 0 aliphatic carbocycles. The van der Waals surface area contributed by atoms with Crippen molar-refractivity contribution in [2.75, 3.05) is 4.90 Å². The highest BCUT2D eigenvalue weighted by Gasteiger charge is 2.11. The van der Waals surface area contributed by atoms with Gasteiger partial charge in [-0.2, -0.15) is 0 Å². The Kier molecular flexibility index (Phi) is 3.69. The SMILES string of the molecule is Cc1cccc(N(c2ccccc2)c2ccc(F)cc2)c1. The summed E-state index contributed by atoms with van der Waals surface area (Å²) in [4.78, 5) is 2.12. The second-order valence-electron chi connectivity index (χ2n) is 4.99. The second-order valence-corrected chi connectivity index (χ2v) is 4.99. The molecule has 0 bridgehead atoms. The second kappa shape index (κ2) is 5.80. The molecule has 3 aromatic rings. The van der Waals surface area contributed by atoms with Gasteiger partial charge in [-0.1, -0.05) is 30.3 Å². The minimum absolute atomic E-state index is 0.226. The molecule has 0 amide bonds. The Balaban J connectivity index is 2.13. The summed E-state index contributed by atoms with van der Waals surface area (Å²) < 4.78 is 13.2. The lowest BCUT2D eigenvalue weighted by molar-refractivity contribution is 0.628. The van der Waals surface area contributed by atoms with E-state index in [1.165, 1.54) is 17.7 Å². The van der Waals surface area contributed by atoms with E-state index in [2.05, 4.69) is 30.0 Å². The van der Waals surface area contributed by atoms with Gasteiger partial charge in [0.1, 0.15) is 5.82 Å². The maximum atomic E-state index is 13.2. The molecule has 3 rings (SSSR count). The molecule has 3 aromatic carbocycles. The zero-order valence-electron chi connectivity index (χ0n) is 11.8. The molecule has 0 radical (unpaired) electrons. The minimum Gasteiger partial charge on any atom is -0.310 e. The highest BCUT2D eigenvalue weighted by atomic mass is 19.1. The molecule has 0 aromatic heterocycles. The van der Waals surface area contributed by atoms with Crippen molar-refractivity contribution in [2.45, 2.75) is 6.92 Å². The molecule has 21 heavy (non-hydrogen) atoms. The van der Waals surface area contributed by atoms with Gasteiger partial charge >= 0.3 is 0 Å². The molecule has 0 fully saturated rings. The van der Waals surface area contributed by atoms with E-state index in [1.807, 2.05) is 36.4 Å². The summed E-state index contributed by atoms with van der Waals surface area (Å²) in [5, 5.41) is 0. The smallest absolute Gasteiger partial charge is 0.123 e. The van der Waals surface area contributed by atoms with Crippen LogP contribution in [-0.4, -0.2) is 0 Å². The van der Waals surface area contributed by atoms with Crippen molar-refractivity contribution in [1.82, 2.24) is 0 Å². The standard InChI is InChI=1S/C19H16FN/c1-15-6-5-9-19(14-15)21(17-7-3-2-4-8-17)18-12-10-16(20)11-13-18/h2-14H,1H3. The van der Waals surface area contributed by atoms with E-state index in [0.717, 1.165) is 17.1 Å². The first kappa shape index (κ1) is 13.4. The summed E-state index contributed by atoms with van der Waals surface area (Å²) in [7, 11) is 0. The van der Waals surface area contributed by atoms with Gasteiger partial charge in [-0.15, -0.1) is 0 Å². The quantitative estimate of drug-likeness (QED) is 0.602. The van der Waals surface area contributed by atoms with Crippen LogP contribution in [0.15, 0.2) is 78.9 Å². The number of para-hydroxylation sites is 1. The van der Waals surface area contributed by atoms with Crippen molar-refractivity contribution in [3.05, 3.63) is 90.2 Å². The van der Waals surface area contributed by atoms with E-state index in [0.29, 0.717) is 0 Å². The molecule has 0 saturated heterocycles. The molecule has 0 saturated carbocycles. The van der Waals surface area contributed by atoms with Crippen molar-refractivity contribution in [1.29, 1.82) is 0 Å². The summed E-state index contributed by atoms with van der Waals surface area (Å²) in [5.41, 5.74) is 4.24. The maximum Gasteiger partial charge on any atom is 0.123 e. The molecule has 0 N–H and O–H groups in total. The molecule has 0 aliphatic rings. The van der Waals surface area contributed by atoms with Crippen LogP contribution in [0.2, 0.25) is 0 Å². The van der Waals surface area contributed by atoms with Gasteiger partial charge in [0.25, 0.3) is 0 Å². The van der Waals surface area contributed by atoms with Crippen LogP contribution in [0.25, 0.3) is 0 Å². The zero-order chi connectivity index (χ0) is 14.7. The zero-order valence-corrected chi connectivity index (χ0v) is 11.8. The van der Waals surface area contributed by atoms with Crippen molar-refractivity contribution in [3.63, 3.8) is 0 Å². The third kappa shape index (κ3) is 2.95. The fraction of sp³-hybridized carbons (Fsp3) is 0.0526. The summed E-state index contributed by atoms with van der Waals surface area (Å²) in [6.07, 6.45) is 0. The summed E-state index contributed by atoms with van der Waals surface area (Å²) in [6.45, 7) is 2.07. The van der Waals surface area contributed by atoms with Crippen LogP contribution in [0.3, 0.4) is 0 Å². The fourth-order valence-corrected chi connectivity index (χ4v) is 2.38. The van der Waals surface area contributed by atoms with Gasteiger partial charge in [0.2, 0.25) is 0 Å². The maximum absolute atomic E-state index is 13.2. The van der Waals surface area contributed by atoms with Crippen LogP contribution >= 0.6 is 0 Å². The summed E-state index contributed by atoms with van der Waals surface area (Å²) in [5.74, 6) is -0.226. The van der Waals surface area contributed by atoms with Gasteiger partial charge < -0.3 is 4.90 Å². The van der Waals surface area contributed by atoms with Gasteiger partial charge in [0, 0.05) is 17.1 Å². The molecule has 2 heteroatoms. The first-order valence-electron chi connectivity index (χ1n) is 6.91. The lowest BCUT2D eigenvalue weighted by Gasteiger charge is -2.25. The monoisotopic (exact) mass is 277 g/mol. The van der Waals surface area contributed by atoms with E-state index in [1.54, 1.807) is 12.1 Å². The third-order valence-electron chi connectivity index (χ3n) is 3.36. The molecule has 0 aliphatic heterocycles. The van der Waals surface area contributed by atoms with Gasteiger partial charge in [-0.05, 0) is 61.0 Å². The lowest BCUT2D eigenvalue weighted by Crippen LogP contribution is -2.09. The average molecular weight is 277 g/mol. The van der Waals surface area contributed by atoms with E-state index >= 15 is 0 Å². The number of aryl methyl sites for hydroxylation is 1. The van der Waals surface area contributed by atoms with E-state index in [4.69, 9.17) is 0 Å². The molecule has 0 spiro atoms. The lowest BCUT2D eigenvalue weighted by atomic mass is 10.1. The van der Waals surface area contributed by atoms with Gasteiger partial charge in [0.05, 0.1) is 0 Å². The Morgan fingerprint density at radius 1 is 0.667 bits per heavy atom. The highest BCUT2D eigenvalue weighted by Crippen LogP contribution is 2.34. The summed E-state index contributed by atoms with van der Waals surface area (Å²) in [6, 6.07) is 24.9. The Morgan fingerprint density at radius 3 is 1.95 bits per heavy atom. The Hall–Kier alpha value is -2.61. The van der Waals surface area contributed by atoms with Crippen LogP contribution in [-0.2, 0) is 0 Å². The molecular formula is C19H16FN. The normalized spacial score (nSPS) is 10.4. The molecule has 1 nitrogen and oxygen atoms in total. The Morgan fingerprint density at radius 2 is 1.29 bits per heavy atom. The third-order valence-corrected chi connectivity index (χ3v) is 3.36. The summed E-state index contributed by atoms with van der Waals surface area (Å²) >= 11 is 0. The van der Waals surface area contributed by atoms with Crippen molar-refractivity contribution in [2.24, 2.45) is 0 Å². The Labute approximate surface area is 124 Å². The van der Waals surface area contributed by atoms with Crippen molar-refractivity contribution in [3.8, 4) is 0 Å². The topological polar surface area (TPSA) is 3.24 Å². The van der Waals surface area contributed by atoms with Crippen LogP contribution in [0.1, 0.15) is 5.56 Å². The van der Waals surface area contributed by atoms with E-state index < -0.39 is 0 Å². The number of benzene rings is 3. The first-order valence-corrected chi connectivity index (χ1v) is 6.91. The fourth-order valence-electron chi connectivity index (χ4n) is 2.38. The van der Waals surface area contributed by atoms with Crippen LogP contribution in [0, 0.1) is 12.7 Å². The van der Waals surface area contributed by atoms with Crippen LogP contribution < -0.4 is 4.90 Å². The van der Waals surface area contributed by atoms with Crippen molar-refractivity contribution >= 4 is 17.1 Å². The minimum atomic E-state index is -0.226. The number of nitrogens with zero attached hydrogens (tertiary/aromatic N) is 1. The molecule has 0 heterocycles. The number of hydrogen-bond donors (Lipinski definition) is 0. The molecule has 0 unspecified atom stereocenters. The van der Waals surface area contributed by atoms with Gasteiger partial charge in [0.15, 0.2) is 0 Å². The number of anilines is 3.